The van der Waals surface area contributed by atoms with E-state index in [0.717, 1.165) is 41.9 Å². The summed E-state index contributed by atoms with van der Waals surface area (Å²) in [5, 5.41) is 3.09. The summed E-state index contributed by atoms with van der Waals surface area (Å²) in [7, 11) is 0. The molecule has 0 aliphatic carbocycles. The molecule has 3 aromatic rings. The molecule has 0 spiro atoms. The topological polar surface area (TPSA) is 45.2 Å². The summed E-state index contributed by atoms with van der Waals surface area (Å²) in [6.45, 7) is 5.02. The molecule has 0 atom stereocenters. The van der Waals surface area contributed by atoms with Gasteiger partial charge in [0.25, 0.3) is 5.91 Å². The van der Waals surface area contributed by atoms with E-state index >= 15 is 0 Å². The van der Waals surface area contributed by atoms with Crippen LogP contribution >= 0.6 is 0 Å². The molecule has 0 saturated carbocycles. The smallest absolute Gasteiger partial charge is 0.257 e. The third kappa shape index (κ3) is 3.31. The van der Waals surface area contributed by atoms with Crippen LogP contribution in [0.25, 0.3) is 0 Å². The van der Waals surface area contributed by atoms with Crippen LogP contribution < -0.4 is 10.2 Å². The van der Waals surface area contributed by atoms with Crippen LogP contribution in [0, 0.1) is 6.92 Å². The van der Waals surface area contributed by atoms with Gasteiger partial charge in [-0.2, -0.15) is 0 Å². The first-order valence-electron chi connectivity index (χ1n) is 9.37. The van der Waals surface area contributed by atoms with Crippen molar-refractivity contribution in [1.82, 2.24) is 4.98 Å². The Morgan fingerprint density at radius 2 is 2.00 bits per heavy atom. The quantitative estimate of drug-likeness (QED) is 0.722. The van der Waals surface area contributed by atoms with Crippen LogP contribution in [-0.4, -0.2) is 17.4 Å². The number of hydrogen-bond acceptors (Lipinski definition) is 3. The van der Waals surface area contributed by atoms with Crippen molar-refractivity contribution in [3.8, 4) is 0 Å². The lowest BCUT2D eigenvalue weighted by molar-refractivity contribution is 0.102. The molecule has 136 valence electrons. The summed E-state index contributed by atoms with van der Waals surface area (Å²) >= 11 is 0. The van der Waals surface area contributed by atoms with E-state index in [4.69, 9.17) is 0 Å². The standard InChI is InChI=1S/C23H23N3O/c1-3-17-9-6-7-16(2)22(17)25-23(27)19-13-20(15-24-14-19)26-12-11-18-8-4-5-10-21(18)26/h4-10,13-15H,3,11-12H2,1-2H3,(H,25,27). The number of fused-ring (bicyclic) bond motifs is 1. The first-order chi connectivity index (χ1) is 13.2. The number of aromatic nitrogens is 1. The predicted molar refractivity (Wildman–Crippen MR) is 110 cm³/mol. The molecule has 2 heterocycles. The molecule has 0 saturated heterocycles. The van der Waals surface area contributed by atoms with E-state index < -0.39 is 0 Å². The molecular formula is C23H23N3O. The molecule has 4 nitrogen and oxygen atoms in total. The molecule has 1 N–H and O–H groups in total. The number of nitrogens with one attached hydrogen (secondary N) is 1. The molecule has 4 rings (SSSR count). The molecule has 4 heteroatoms. The summed E-state index contributed by atoms with van der Waals surface area (Å²) in [6, 6.07) is 16.4. The van der Waals surface area contributed by atoms with Gasteiger partial charge in [0, 0.05) is 24.1 Å². The van der Waals surface area contributed by atoms with E-state index in [1.54, 1.807) is 6.20 Å². The number of para-hydroxylation sites is 2. The number of benzene rings is 2. The Bertz CT molecular complexity index is 996. The minimum Gasteiger partial charge on any atom is -0.340 e. The number of pyridine rings is 1. The van der Waals surface area contributed by atoms with E-state index in [2.05, 4.69) is 46.4 Å². The van der Waals surface area contributed by atoms with Crippen molar-refractivity contribution in [2.24, 2.45) is 0 Å². The maximum atomic E-state index is 12.9. The second-order valence-electron chi connectivity index (χ2n) is 6.88. The molecule has 1 aromatic heterocycles. The summed E-state index contributed by atoms with van der Waals surface area (Å²) in [4.78, 5) is 19.4. The molecule has 27 heavy (non-hydrogen) atoms. The zero-order valence-electron chi connectivity index (χ0n) is 15.7. The summed E-state index contributed by atoms with van der Waals surface area (Å²) in [5.41, 5.74) is 7.17. The van der Waals surface area contributed by atoms with Crippen LogP contribution in [0.1, 0.15) is 34.0 Å². The zero-order valence-corrected chi connectivity index (χ0v) is 15.7. The van der Waals surface area contributed by atoms with Crippen LogP contribution in [0.5, 0.6) is 0 Å². The van der Waals surface area contributed by atoms with Gasteiger partial charge in [-0.05, 0) is 48.6 Å². The SMILES string of the molecule is CCc1cccc(C)c1NC(=O)c1cncc(N2CCc3ccccc32)c1. The van der Waals surface area contributed by atoms with Crippen LogP contribution in [0.3, 0.4) is 0 Å². The maximum Gasteiger partial charge on any atom is 0.257 e. The van der Waals surface area contributed by atoms with Crippen molar-refractivity contribution in [3.05, 3.63) is 83.2 Å². The number of carbonyl (C=O) groups excluding carboxylic acids is 1. The Morgan fingerprint density at radius 3 is 2.85 bits per heavy atom. The number of anilines is 3. The van der Waals surface area contributed by atoms with Gasteiger partial charge in [-0.3, -0.25) is 9.78 Å². The largest absolute Gasteiger partial charge is 0.340 e. The number of carbonyl (C=O) groups is 1. The Balaban J connectivity index is 1.61. The van der Waals surface area contributed by atoms with Crippen molar-refractivity contribution in [2.75, 3.05) is 16.8 Å². The Morgan fingerprint density at radius 1 is 1.15 bits per heavy atom. The van der Waals surface area contributed by atoms with Gasteiger partial charge in [-0.15, -0.1) is 0 Å². The number of aryl methyl sites for hydroxylation is 2. The van der Waals surface area contributed by atoms with E-state index in [0.29, 0.717) is 5.56 Å². The van der Waals surface area contributed by atoms with Gasteiger partial charge in [0.15, 0.2) is 0 Å². The molecule has 1 aliphatic rings. The number of amides is 1. The molecule has 1 amide bonds. The number of rotatable bonds is 4. The van der Waals surface area contributed by atoms with E-state index in [9.17, 15) is 4.79 Å². The van der Waals surface area contributed by atoms with Gasteiger partial charge in [-0.1, -0.05) is 43.3 Å². The monoisotopic (exact) mass is 357 g/mol. The summed E-state index contributed by atoms with van der Waals surface area (Å²) in [5.74, 6) is -0.124. The molecular weight excluding hydrogens is 334 g/mol. The number of hydrogen-bond donors (Lipinski definition) is 1. The van der Waals surface area contributed by atoms with Gasteiger partial charge in [0.05, 0.1) is 17.4 Å². The lowest BCUT2D eigenvalue weighted by atomic mass is 10.1. The minimum atomic E-state index is -0.124. The van der Waals surface area contributed by atoms with Gasteiger partial charge >= 0.3 is 0 Å². The number of nitrogens with zero attached hydrogens (tertiary/aromatic N) is 2. The van der Waals surface area contributed by atoms with Crippen molar-refractivity contribution >= 4 is 23.0 Å². The molecule has 0 radical (unpaired) electrons. The van der Waals surface area contributed by atoms with E-state index in [1.807, 2.05) is 37.4 Å². The molecule has 0 fully saturated rings. The van der Waals surface area contributed by atoms with Crippen molar-refractivity contribution in [1.29, 1.82) is 0 Å². The fraction of sp³-hybridized carbons (Fsp3) is 0.217. The maximum absolute atomic E-state index is 12.9. The van der Waals surface area contributed by atoms with Crippen molar-refractivity contribution in [3.63, 3.8) is 0 Å². The third-order valence-electron chi connectivity index (χ3n) is 5.16. The second kappa shape index (κ2) is 7.23. The summed E-state index contributed by atoms with van der Waals surface area (Å²) < 4.78 is 0. The molecule has 0 unspecified atom stereocenters. The van der Waals surface area contributed by atoms with Gasteiger partial charge in [-0.25, -0.2) is 0 Å². The minimum absolute atomic E-state index is 0.124. The summed E-state index contributed by atoms with van der Waals surface area (Å²) in [6.07, 6.45) is 5.34. The van der Waals surface area contributed by atoms with Crippen molar-refractivity contribution < 1.29 is 4.79 Å². The second-order valence-corrected chi connectivity index (χ2v) is 6.88. The fourth-order valence-electron chi connectivity index (χ4n) is 3.69. The highest BCUT2D eigenvalue weighted by Gasteiger charge is 2.21. The predicted octanol–water partition coefficient (Wildman–Crippen LogP) is 4.90. The average Bonchev–Trinajstić information content (AvgIpc) is 3.13. The normalized spacial score (nSPS) is 12.7. The van der Waals surface area contributed by atoms with E-state index in [1.165, 1.54) is 11.3 Å². The highest BCUT2D eigenvalue weighted by atomic mass is 16.1. The van der Waals surface area contributed by atoms with Gasteiger partial charge in [0.1, 0.15) is 0 Å². The van der Waals surface area contributed by atoms with Crippen molar-refractivity contribution in [2.45, 2.75) is 26.7 Å². The highest BCUT2D eigenvalue weighted by Crippen LogP contribution is 2.34. The lowest BCUT2D eigenvalue weighted by Crippen LogP contribution is -2.17. The Labute approximate surface area is 159 Å². The van der Waals surface area contributed by atoms with Crippen LogP contribution in [0.2, 0.25) is 0 Å². The zero-order chi connectivity index (χ0) is 18.8. The molecule has 1 aliphatic heterocycles. The third-order valence-corrected chi connectivity index (χ3v) is 5.16. The van der Waals surface area contributed by atoms with E-state index in [-0.39, 0.29) is 5.91 Å². The first kappa shape index (κ1) is 17.3. The average molecular weight is 357 g/mol. The lowest BCUT2D eigenvalue weighted by Gasteiger charge is -2.20. The van der Waals surface area contributed by atoms with Gasteiger partial charge < -0.3 is 10.2 Å². The highest BCUT2D eigenvalue weighted by molar-refractivity contribution is 6.05. The fourth-order valence-corrected chi connectivity index (χ4v) is 3.69. The molecule has 0 bridgehead atoms. The molecule has 2 aromatic carbocycles. The van der Waals surface area contributed by atoms with Crippen LogP contribution in [-0.2, 0) is 12.8 Å². The van der Waals surface area contributed by atoms with Gasteiger partial charge in [0.2, 0.25) is 0 Å². The Kier molecular flexibility index (Phi) is 4.63. The van der Waals surface area contributed by atoms with Crippen LogP contribution in [0.15, 0.2) is 60.9 Å². The van der Waals surface area contributed by atoms with Crippen LogP contribution in [0.4, 0.5) is 17.1 Å². The first-order valence-corrected chi connectivity index (χ1v) is 9.37. The Hall–Kier alpha value is -3.14.